The van der Waals surface area contributed by atoms with Crippen molar-refractivity contribution in [2.45, 2.75) is 84.7 Å². The molecule has 0 aromatic carbocycles. The first kappa shape index (κ1) is 30.3. The molecule has 0 aromatic heterocycles. The fourth-order valence-corrected chi connectivity index (χ4v) is 3.06. The number of aliphatic hydroxyl groups excluding tert-OH is 1. The van der Waals surface area contributed by atoms with E-state index in [1.165, 1.54) is 0 Å². The maximum absolute atomic E-state index is 12.9. The van der Waals surface area contributed by atoms with Crippen molar-refractivity contribution in [1.29, 1.82) is 0 Å². The molecule has 0 saturated carbocycles. The minimum Gasteiger partial charge on any atom is -0.481 e. The van der Waals surface area contributed by atoms with E-state index in [-0.39, 0.29) is 5.92 Å². The fraction of sp³-hybridized carbons (Fsp3) is 0.762. The van der Waals surface area contributed by atoms with Gasteiger partial charge in [-0.3, -0.25) is 19.2 Å². The summed E-state index contributed by atoms with van der Waals surface area (Å²) in [4.78, 5) is 60.0. The van der Waals surface area contributed by atoms with Crippen LogP contribution in [0.25, 0.3) is 0 Å². The number of carboxylic acid groups (broad SMARTS) is 2. The van der Waals surface area contributed by atoms with Gasteiger partial charge in [-0.25, -0.2) is 4.79 Å². The third-order valence-electron chi connectivity index (χ3n) is 4.90. The van der Waals surface area contributed by atoms with Crippen LogP contribution >= 0.6 is 0 Å². The Balaban J connectivity index is 5.41. The number of amides is 3. The average Bonchev–Trinajstić information content (AvgIpc) is 2.66. The van der Waals surface area contributed by atoms with Gasteiger partial charge in [-0.2, -0.15) is 0 Å². The third-order valence-corrected chi connectivity index (χ3v) is 4.90. The van der Waals surface area contributed by atoms with Crippen molar-refractivity contribution < 1.29 is 39.3 Å². The van der Waals surface area contributed by atoms with Crippen LogP contribution in [0.2, 0.25) is 0 Å². The largest absolute Gasteiger partial charge is 0.481 e. The smallest absolute Gasteiger partial charge is 0.326 e. The molecule has 0 radical (unpaired) electrons. The van der Waals surface area contributed by atoms with Crippen LogP contribution in [0.3, 0.4) is 0 Å². The highest BCUT2D eigenvalue weighted by atomic mass is 16.4. The molecular formula is C21H38N4O8. The van der Waals surface area contributed by atoms with E-state index in [4.69, 9.17) is 15.9 Å². The van der Waals surface area contributed by atoms with Gasteiger partial charge in [0.05, 0.1) is 6.42 Å². The summed E-state index contributed by atoms with van der Waals surface area (Å²) in [6.45, 7) is 10.3. The molecular weight excluding hydrogens is 436 g/mol. The Labute approximate surface area is 193 Å². The second-order valence-corrected chi connectivity index (χ2v) is 9.20. The third kappa shape index (κ3) is 10.6. The lowest BCUT2D eigenvalue weighted by Crippen LogP contribution is -2.60. The van der Waals surface area contributed by atoms with E-state index < -0.39 is 78.2 Å². The first-order valence-corrected chi connectivity index (χ1v) is 10.9. The molecule has 12 nitrogen and oxygen atoms in total. The standard InChI is InChI=1S/C21H38N4O8/c1-9(2)7-12(22)17(28)20(31)25-16(11(5)6)19(30)24-15(10(3)4)18(29)23-13(21(32)33)8-14(26)27/h9-13,15-17,28H,7-8,22H2,1-6H3,(H,23,29)(H,24,30)(H,25,31)(H,26,27)(H,32,33)/t12-,13-,15+,16-,17+/m1/s1. The summed E-state index contributed by atoms with van der Waals surface area (Å²) in [5, 5.41) is 35.2. The number of carbonyl (C=O) groups is 5. The monoisotopic (exact) mass is 474 g/mol. The van der Waals surface area contributed by atoms with Gasteiger partial charge in [0, 0.05) is 6.04 Å². The molecule has 5 atom stereocenters. The van der Waals surface area contributed by atoms with E-state index >= 15 is 0 Å². The van der Waals surface area contributed by atoms with Crippen LogP contribution in [0, 0.1) is 17.8 Å². The normalized spacial score (nSPS) is 16.0. The second-order valence-electron chi connectivity index (χ2n) is 9.20. The molecule has 0 aliphatic heterocycles. The van der Waals surface area contributed by atoms with Gasteiger partial charge in [-0.05, 0) is 24.2 Å². The number of nitrogens with one attached hydrogen (secondary N) is 3. The Morgan fingerprint density at radius 3 is 1.55 bits per heavy atom. The summed E-state index contributed by atoms with van der Waals surface area (Å²) in [5.74, 6) is -6.12. The lowest BCUT2D eigenvalue weighted by molar-refractivity contribution is -0.147. The Kier molecular flexibility index (Phi) is 12.6. The predicted octanol–water partition coefficient (Wildman–Crippen LogP) is -0.954. The minimum absolute atomic E-state index is 0.146. The number of aliphatic carboxylic acids is 2. The Hall–Kier alpha value is -2.73. The molecule has 0 aliphatic carbocycles. The van der Waals surface area contributed by atoms with Crippen LogP contribution in [0.4, 0.5) is 0 Å². The predicted molar refractivity (Wildman–Crippen MR) is 119 cm³/mol. The Bertz CT molecular complexity index is 710. The summed E-state index contributed by atoms with van der Waals surface area (Å²) in [6, 6.07) is -4.80. The molecule has 0 heterocycles. The van der Waals surface area contributed by atoms with E-state index in [0.29, 0.717) is 6.42 Å². The van der Waals surface area contributed by atoms with Gasteiger partial charge in [-0.1, -0.05) is 41.5 Å². The van der Waals surface area contributed by atoms with Crippen molar-refractivity contribution in [1.82, 2.24) is 16.0 Å². The van der Waals surface area contributed by atoms with Crippen LogP contribution in [0.1, 0.15) is 54.4 Å². The van der Waals surface area contributed by atoms with Crippen LogP contribution in [0.5, 0.6) is 0 Å². The van der Waals surface area contributed by atoms with Crippen LogP contribution in [0.15, 0.2) is 0 Å². The summed E-state index contributed by atoms with van der Waals surface area (Å²) >= 11 is 0. The number of rotatable bonds is 14. The number of carboxylic acids is 2. The summed E-state index contributed by atoms with van der Waals surface area (Å²) in [7, 11) is 0. The number of hydrogen-bond donors (Lipinski definition) is 7. The maximum atomic E-state index is 12.9. The van der Waals surface area contributed by atoms with Crippen molar-refractivity contribution in [3.63, 3.8) is 0 Å². The Morgan fingerprint density at radius 1 is 0.758 bits per heavy atom. The molecule has 0 aliphatic rings. The molecule has 3 amide bonds. The Morgan fingerprint density at radius 2 is 1.18 bits per heavy atom. The van der Waals surface area contributed by atoms with Gasteiger partial charge in [0.15, 0.2) is 0 Å². The van der Waals surface area contributed by atoms with Crippen molar-refractivity contribution in [2.75, 3.05) is 0 Å². The molecule has 33 heavy (non-hydrogen) atoms. The van der Waals surface area contributed by atoms with E-state index in [9.17, 15) is 29.1 Å². The molecule has 0 fully saturated rings. The quantitative estimate of drug-likeness (QED) is 0.165. The molecule has 8 N–H and O–H groups in total. The highest BCUT2D eigenvalue weighted by molar-refractivity contribution is 5.94. The summed E-state index contributed by atoms with van der Waals surface area (Å²) in [6.07, 6.45) is -1.97. The topological polar surface area (TPSA) is 208 Å². The van der Waals surface area contributed by atoms with Crippen molar-refractivity contribution in [3.8, 4) is 0 Å². The number of nitrogens with two attached hydrogens (primary N) is 1. The summed E-state index contributed by atoms with van der Waals surface area (Å²) in [5.41, 5.74) is 5.86. The van der Waals surface area contributed by atoms with E-state index in [1.54, 1.807) is 27.7 Å². The molecule has 0 unspecified atom stereocenters. The highest BCUT2D eigenvalue weighted by Gasteiger charge is 2.34. The highest BCUT2D eigenvalue weighted by Crippen LogP contribution is 2.10. The van der Waals surface area contributed by atoms with Gasteiger partial charge >= 0.3 is 11.9 Å². The lowest BCUT2D eigenvalue weighted by Gasteiger charge is -2.29. The number of aliphatic hydroxyl groups is 1. The van der Waals surface area contributed by atoms with Crippen LogP contribution in [-0.4, -0.2) is 75.3 Å². The zero-order valence-corrected chi connectivity index (χ0v) is 20.0. The van der Waals surface area contributed by atoms with Gasteiger partial charge < -0.3 is 37.0 Å². The van der Waals surface area contributed by atoms with Gasteiger partial charge in [0.25, 0.3) is 5.91 Å². The zero-order chi connectivity index (χ0) is 26.0. The maximum Gasteiger partial charge on any atom is 0.326 e. The number of hydrogen-bond acceptors (Lipinski definition) is 7. The van der Waals surface area contributed by atoms with Gasteiger partial charge in [-0.15, -0.1) is 0 Å². The molecule has 0 rings (SSSR count). The van der Waals surface area contributed by atoms with E-state index in [1.807, 2.05) is 13.8 Å². The molecule has 0 spiro atoms. The molecule has 12 heteroatoms. The second kappa shape index (κ2) is 13.7. The fourth-order valence-electron chi connectivity index (χ4n) is 3.06. The number of carbonyl (C=O) groups excluding carboxylic acids is 3. The molecule has 0 aromatic rings. The molecule has 190 valence electrons. The lowest BCUT2D eigenvalue weighted by atomic mass is 9.97. The molecule has 0 bridgehead atoms. The van der Waals surface area contributed by atoms with Crippen molar-refractivity contribution in [2.24, 2.45) is 23.5 Å². The van der Waals surface area contributed by atoms with E-state index in [2.05, 4.69) is 16.0 Å². The van der Waals surface area contributed by atoms with Gasteiger partial charge in [0.1, 0.15) is 24.2 Å². The zero-order valence-electron chi connectivity index (χ0n) is 20.0. The summed E-state index contributed by atoms with van der Waals surface area (Å²) < 4.78 is 0. The molecule has 0 saturated heterocycles. The first-order chi connectivity index (χ1) is 15.1. The SMILES string of the molecule is CC(C)C[C@@H](N)[C@H](O)C(=O)N[C@@H](C(=O)N[C@H](C(=O)N[C@H](CC(=O)O)C(=O)O)C(C)C)C(C)C. The van der Waals surface area contributed by atoms with Crippen molar-refractivity contribution in [3.05, 3.63) is 0 Å². The van der Waals surface area contributed by atoms with Crippen molar-refractivity contribution >= 4 is 29.7 Å². The minimum atomic E-state index is -1.67. The van der Waals surface area contributed by atoms with Crippen LogP contribution < -0.4 is 21.7 Å². The first-order valence-electron chi connectivity index (χ1n) is 10.9. The van der Waals surface area contributed by atoms with Crippen LogP contribution in [-0.2, 0) is 24.0 Å². The van der Waals surface area contributed by atoms with Gasteiger partial charge in [0.2, 0.25) is 11.8 Å². The average molecular weight is 475 g/mol. The van der Waals surface area contributed by atoms with E-state index in [0.717, 1.165) is 0 Å².